The van der Waals surface area contributed by atoms with E-state index in [2.05, 4.69) is 16.9 Å². The fourth-order valence-electron chi connectivity index (χ4n) is 1.24. The molecule has 84 valence electrons. The number of rotatable bonds is 5. The summed E-state index contributed by atoms with van der Waals surface area (Å²) in [5.74, 6) is 0.500. The van der Waals surface area contributed by atoms with Gasteiger partial charge in [0.05, 0.1) is 19.8 Å². The second-order valence-electron chi connectivity index (χ2n) is 3.09. The molecule has 0 spiro atoms. The van der Waals surface area contributed by atoms with Gasteiger partial charge in [-0.2, -0.15) is 9.97 Å². The predicted molar refractivity (Wildman–Crippen MR) is 58.8 cm³/mol. The topological polar surface area (TPSA) is 44.2 Å². The monoisotopic (exact) mass is 230 g/mol. The van der Waals surface area contributed by atoms with Crippen molar-refractivity contribution in [2.24, 2.45) is 0 Å². The number of hydrogen-bond donors (Lipinski definition) is 0. The van der Waals surface area contributed by atoms with Crippen LogP contribution in [0.25, 0.3) is 0 Å². The van der Waals surface area contributed by atoms with Crippen LogP contribution in [-0.2, 0) is 6.42 Å². The number of methoxy groups -OCH3 is 2. The van der Waals surface area contributed by atoms with Crippen LogP contribution in [0.4, 0.5) is 0 Å². The van der Waals surface area contributed by atoms with E-state index in [-0.39, 0.29) is 6.01 Å². The van der Waals surface area contributed by atoms with E-state index >= 15 is 0 Å². The SMILES string of the molecule is CCCCc1c(Cl)nc(OC)nc1OC. The normalized spacial score (nSPS) is 10.1. The van der Waals surface area contributed by atoms with Crippen molar-refractivity contribution >= 4 is 11.6 Å². The third-order valence-corrected chi connectivity index (χ3v) is 2.37. The average molecular weight is 231 g/mol. The average Bonchev–Trinajstić information content (AvgIpc) is 2.26. The standard InChI is InChI=1S/C10H15ClN2O2/c1-4-5-6-7-8(11)12-10(15-3)13-9(7)14-2/h4-6H2,1-3H3. The number of halogens is 1. The molecule has 0 saturated heterocycles. The highest BCUT2D eigenvalue weighted by molar-refractivity contribution is 6.30. The van der Waals surface area contributed by atoms with Crippen molar-refractivity contribution in [1.82, 2.24) is 9.97 Å². The lowest BCUT2D eigenvalue weighted by Gasteiger charge is -2.09. The molecule has 0 radical (unpaired) electrons. The van der Waals surface area contributed by atoms with Crippen molar-refractivity contribution in [3.05, 3.63) is 10.7 Å². The first-order valence-corrected chi connectivity index (χ1v) is 5.25. The third kappa shape index (κ3) is 2.96. The number of hydrogen-bond acceptors (Lipinski definition) is 4. The Balaban J connectivity index is 3.01. The molecule has 1 aromatic rings. The molecular weight excluding hydrogens is 216 g/mol. The summed E-state index contributed by atoms with van der Waals surface area (Å²) in [4.78, 5) is 8.09. The van der Waals surface area contributed by atoms with E-state index in [1.807, 2.05) is 0 Å². The zero-order chi connectivity index (χ0) is 11.3. The molecule has 1 rings (SSSR count). The van der Waals surface area contributed by atoms with Crippen LogP contribution in [0.1, 0.15) is 25.3 Å². The number of nitrogens with zero attached hydrogens (tertiary/aromatic N) is 2. The van der Waals surface area contributed by atoms with E-state index < -0.39 is 0 Å². The highest BCUT2D eigenvalue weighted by Gasteiger charge is 2.13. The summed E-state index contributed by atoms with van der Waals surface area (Å²) in [5.41, 5.74) is 0.849. The Hall–Kier alpha value is -1.03. The van der Waals surface area contributed by atoms with Crippen molar-refractivity contribution in [3.8, 4) is 11.9 Å². The first-order chi connectivity index (χ1) is 7.22. The van der Waals surface area contributed by atoms with Gasteiger partial charge < -0.3 is 9.47 Å². The number of unbranched alkanes of at least 4 members (excludes halogenated alkanes) is 1. The van der Waals surface area contributed by atoms with E-state index in [1.165, 1.54) is 7.11 Å². The minimum absolute atomic E-state index is 0.233. The predicted octanol–water partition coefficient (Wildman–Crippen LogP) is 2.49. The Kier molecular flexibility index (Phi) is 4.62. The van der Waals surface area contributed by atoms with Crippen LogP contribution in [0, 0.1) is 0 Å². The van der Waals surface area contributed by atoms with Gasteiger partial charge in [0.25, 0.3) is 0 Å². The molecule has 15 heavy (non-hydrogen) atoms. The van der Waals surface area contributed by atoms with Crippen LogP contribution >= 0.6 is 11.6 Å². The van der Waals surface area contributed by atoms with E-state index in [4.69, 9.17) is 21.1 Å². The first kappa shape index (κ1) is 12.0. The fourth-order valence-corrected chi connectivity index (χ4v) is 1.49. The highest BCUT2D eigenvalue weighted by atomic mass is 35.5. The second-order valence-corrected chi connectivity index (χ2v) is 3.45. The highest BCUT2D eigenvalue weighted by Crippen LogP contribution is 2.26. The van der Waals surface area contributed by atoms with Crippen molar-refractivity contribution < 1.29 is 9.47 Å². The third-order valence-electron chi connectivity index (χ3n) is 2.05. The molecule has 0 aromatic carbocycles. The summed E-state index contributed by atoms with van der Waals surface area (Å²) in [6.07, 6.45) is 2.94. The van der Waals surface area contributed by atoms with Gasteiger partial charge in [-0.3, -0.25) is 0 Å². The van der Waals surface area contributed by atoms with E-state index in [9.17, 15) is 0 Å². The van der Waals surface area contributed by atoms with Crippen LogP contribution in [0.15, 0.2) is 0 Å². The van der Waals surface area contributed by atoms with E-state index in [0.717, 1.165) is 24.8 Å². The molecule has 1 heterocycles. The van der Waals surface area contributed by atoms with Gasteiger partial charge in [-0.1, -0.05) is 24.9 Å². The van der Waals surface area contributed by atoms with Crippen LogP contribution < -0.4 is 9.47 Å². The molecule has 0 aliphatic carbocycles. The summed E-state index contributed by atoms with van der Waals surface area (Å²) in [7, 11) is 3.06. The van der Waals surface area contributed by atoms with Gasteiger partial charge in [0.1, 0.15) is 5.15 Å². The van der Waals surface area contributed by atoms with Crippen LogP contribution in [0.3, 0.4) is 0 Å². The molecule has 0 bridgehead atoms. The molecule has 0 unspecified atom stereocenters. The van der Waals surface area contributed by atoms with Crippen molar-refractivity contribution in [2.75, 3.05) is 14.2 Å². The lowest BCUT2D eigenvalue weighted by atomic mass is 10.1. The van der Waals surface area contributed by atoms with Gasteiger partial charge in [0.15, 0.2) is 0 Å². The maximum atomic E-state index is 6.02. The Morgan fingerprint density at radius 2 is 1.93 bits per heavy atom. The molecule has 0 saturated carbocycles. The minimum atomic E-state index is 0.233. The van der Waals surface area contributed by atoms with Crippen molar-refractivity contribution in [1.29, 1.82) is 0 Å². The number of aromatic nitrogens is 2. The lowest BCUT2D eigenvalue weighted by molar-refractivity contribution is 0.348. The summed E-state index contributed by atoms with van der Waals surface area (Å²) in [6, 6.07) is 0.233. The molecule has 0 amide bonds. The zero-order valence-corrected chi connectivity index (χ0v) is 9.97. The van der Waals surface area contributed by atoms with Crippen LogP contribution in [0.5, 0.6) is 11.9 Å². The molecule has 0 aliphatic rings. The maximum Gasteiger partial charge on any atom is 0.320 e. The summed E-state index contributed by atoms with van der Waals surface area (Å²) in [6.45, 7) is 2.12. The van der Waals surface area contributed by atoms with Crippen molar-refractivity contribution in [2.45, 2.75) is 26.2 Å². The molecule has 1 aromatic heterocycles. The van der Waals surface area contributed by atoms with Gasteiger partial charge in [-0.15, -0.1) is 0 Å². The van der Waals surface area contributed by atoms with Gasteiger partial charge in [-0.25, -0.2) is 0 Å². The zero-order valence-electron chi connectivity index (χ0n) is 9.21. The maximum absolute atomic E-state index is 6.02. The lowest BCUT2D eigenvalue weighted by Crippen LogP contribution is -2.01. The molecule has 0 fully saturated rings. The van der Waals surface area contributed by atoms with Crippen molar-refractivity contribution in [3.63, 3.8) is 0 Å². The summed E-state index contributed by atoms with van der Waals surface area (Å²) < 4.78 is 10.1. The van der Waals surface area contributed by atoms with Gasteiger partial charge in [0.2, 0.25) is 5.88 Å². The minimum Gasteiger partial charge on any atom is -0.481 e. The largest absolute Gasteiger partial charge is 0.481 e. The summed E-state index contributed by atoms with van der Waals surface area (Å²) in [5, 5.41) is 0.409. The Morgan fingerprint density at radius 1 is 1.20 bits per heavy atom. The smallest absolute Gasteiger partial charge is 0.320 e. The van der Waals surface area contributed by atoms with Gasteiger partial charge in [-0.05, 0) is 12.8 Å². The Bertz CT molecular complexity index is 331. The molecule has 4 nitrogen and oxygen atoms in total. The second kappa shape index (κ2) is 5.75. The molecular formula is C10H15ClN2O2. The molecule has 0 N–H and O–H groups in total. The van der Waals surface area contributed by atoms with E-state index in [0.29, 0.717) is 11.0 Å². The van der Waals surface area contributed by atoms with E-state index in [1.54, 1.807) is 7.11 Å². The van der Waals surface area contributed by atoms with Crippen LogP contribution in [0.2, 0.25) is 5.15 Å². The Labute approximate surface area is 94.6 Å². The Morgan fingerprint density at radius 3 is 2.47 bits per heavy atom. The molecule has 0 aliphatic heterocycles. The quantitative estimate of drug-likeness (QED) is 0.729. The van der Waals surface area contributed by atoms with Gasteiger partial charge >= 0.3 is 6.01 Å². The fraction of sp³-hybridized carbons (Fsp3) is 0.600. The summed E-state index contributed by atoms with van der Waals surface area (Å²) >= 11 is 6.02. The van der Waals surface area contributed by atoms with Crippen LogP contribution in [-0.4, -0.2) is 24.2 Å². The first-order valence-electron chi connectivity index (χ1n) is 4.87. The van der Waals surface area contributed by atoms with Gasteiger partial charge in [0, 0.05) is 0 Å². The molecule has 0 atom stereocenters. The number of ether oxygens (including phenoxy) is 2. The molecule has 5 heteroatoms.